The van der Waals surface area contributed by atoms with Crippen LogP contribution in [0.1, 0.15) is 5.69 Å². The Morgan fingerprint density at radius 2 is 1.87 bits per heavy atom. The van der Waals surface area contributed by atoms with Gasteiger partial charge in [-0.3, -0.25) is 9.98 Å². The van der Waals surface area contributed by atoms with Crippen molar-refractivity contribution in [2.75, 3.05) is 5.73 Å². The van der Waals surface area contributed by atoms with E-state index in [2.05, 4.69) is 9.98 Å². The molecule has 1 aromatic heterocycles. The molecule has 15 heavy (non-hydrogen) atoms. The molecule has 2 aromatic rings. The molecular weight excluding hydrogens is 186 g/mol. The fraction of sp³-hybridized carbons (Fsp3) is 0. The van der Waals surface area contributed by atoms with E-state index in [1.165, 1.54) is 0 Å². The summed E-state index contributed by atoms with van der Waals surface area (Å²) in [7, 11) is 0. The SMILES string of the molecule is Nc1ccc(N=Cc2ccccn2)cc1. The monoisotopic (exact) mass is 197 g/mol. The van der Waals surface area contributed by atoms with E-state index < -0.39 is 0 Å². The number of nitrogens with zero attached hydrogens (tertiary/aromatic N) is 2. The van der Waals surface area contributed by atoms with Crippen molar-refractivity contribution >= 4 is 17.6 Å². The van der Waals surface area contributed by atoms with Crippen LogP contribution >= 0.6 is 0 Å². The second-order valence-corrected chi connectivity index (χ2v) is 3.10. The molecular formula is C12H11N3. The smallest absolute Gasteiger partial charge is 0.0812 e. The van der Waals surface area contributed by atoms with E-state index in [1.807, 2.05) is 42.5 Å². The van der Waals surface area contributed by atoms with Crippen LogP contribution in [0.15, 0.2) is 53.7 Å². The van der Waals surface area contributed by atoms with Crippen molar-refractivity contribution in [2.45, 2.75) is 0 Å². The summed E-state index contributed by atoms with van der Waals surface area (Å²) in [5.74, 6) is 0. The van der Waals surface area contributed by atoms with Crippen molar-refractivity contribution < 1.29 is 0 Å². The second-order valence-electron chi connectivity index (χ2n) is 3.10. The summed E-state index contributed by atoms with van der Waals surface area (Å²) in [6.07, 6.45) is 3.47. The molecule has 3 nitrogen and oxygen atoms in total. The predicted octanol–water partition coefficient (Wildman–Crippen LogP) is 2.41. The maximum absolute atomic E-state index is 5.57. The first-order valence-corrected chi connectivity index (χ1v) is 4.65. The topological polar surface area (TPSA) is 51.3 Å². The van der Waals surface area contributed by atoms with Crippen molar-refractivity contribution in [1.82, 2.24) is 4.98 Å². The number of aliphatic imine (C=N–C) groups is 1. The summed E-state index contributed by atoms with van der Waals surface area (Å²) in [6, 6.07) is 13.1. The van der Waals surface area contributed by atoms with Crippen LogP contribution in [-0.4, -0.2) is 11.2 Å². The summed E-state index contributed by atoms with van der Waals surface area (Å²) in [5, 5.41) is 0. The van der Waals surface area contributed by atoms with Crippen LogP contribution in [0.25, 0.3) is 0 Å². The van der Waals surface area contributed by atoms with E-state index >= 15 is 0 Å². The molecule has 0 spiro atoms. The molecule has 0 saturated heterocycles. The van der Waals surface area contributed by atoms with E-state index in [0.29, 0.717) is 0 Å². The third-order valence-corrected chi connectivity index (χ3v) is 1.93. The van der Waals surface area contributed by atoms with Crippen LogP contribution < -0.4 is 5.73 Å². The van der Waals surface area contributed by atoms with Crippen molar-refractivity contribution in [2.24, 2.45) is 4.99 Å². The van der Waals surface area contributed by atoms with Crippen molar-refractivity contribution in [3.8, 4) is 0 Å². The average molecular weight is 197 g/mol. The molecule has 74 valence electrons. The van der Waals surface area contributed by atoms with Gasteiger partial charge < -0.3 is 5.73 Å². The number of rotatable bonds is 2. The van der Waals surface area contributed by atoms with E-state index in [9.17, 15) is 0 Å². The molecule has 0 aliphatic heterocycles. The van der Waals surface area contributed by atoms with Crippen molar-refractivity contribution in [3.63, 3.8) is 0 Å². The number of hydrogen-bond donors (Lipinski definition) is 1. The summed E-state index contributed by atoms with van der Waals surface area (Å²) >= 11 is 0. The first-order valence-electron chi connectivity index (χ1n) is 4.65. The quantitative estimate of drug-likeness (QED) is 0.593. The Bertz CT molecular complexity index is 446. The maximum atomic E-state index is 5.57. The fourth-order valence-corrected chi connectivity index (χ4v) is 1.15. The summed E-state index contributed by atoms with van der Waals surface area (Å²) in [5.41, 5.74) is 8.02. The Morgan fingerprint density at radius 1 is 1.07 bits per heavy atom. The van der Waals surface area contributed by atoms with Gasteiger partial charge in [0.05, 0.1) is 17.6 Å². The van der Waals surface area contributed by atoms with Crippen LogP contribution in [0.4, 0.5) is 11.4 Å². The van der Waals surface area contributed by atoms with Gasteiger partial charge in [0.2, 0.25) is 0 Å². The van der Waals surface area contributed by atoms with Crippen LogP contribution in [-0.2, 0) is 0 Å². The number of aromatic nitrogens is 1. The molecule has 0 saturated carbocycles. The lowest BCUT2D eigenvalue weighted by Crippen LogP contribution is -1.84. The minimum atomic E-state index is 0.742. The van der Waals surface area contributed by atoms with E-state index in [-0.39, 0.29) is 0 Å². The van der Waals surface area contributed by atoms with Crippen LogP contribution in [0.5, 0.6) is 0 Å². The molecule has 0 bridgehead atoms. The van der Waals surface area contributed by atoms with E-state index in [4.69, 9.17) is 5.73 Å². The van der Waals surface area contributed by atoms with Crippen LogP contribution in [0.2, 0.25) is 0 Å². The van der Waals surface area contributed by atoms with Gasteiger partial charge in [-0.1, -0.05) is 6.07 Å². The lowest BCUT2D eigenvalue weighted by molar-refractivity contribution is 1.30. The second kappa shape index (κ2) is 4.37. The highest BCUT2D eigenvalue weighted by molar-refractivity contribution is 5.79. The van der Waals surface area contributed by atoms with Gasteiger partial charge in [0.25, 0.3) is 0 Å². The molecule has 0 unspecified atom stereocenters. The molecule has 0 atom stereocenters. The highest BCUT2D eigenvalue weighted by Gasteiger charge is 1.89. The van der Waals surface area contributed by atoms with Gasteiger partial charge in [-0.25, -0.2) is 0 Å². The van der Waals surface area contributed by atoms with Gasteiger partial charge in [-0.15, -0.1) is 0 Å². The predicted molar refractivity (Wildman–Crippen MR) is 62.3 cm³/mol. The lowest BCUT2D eigenvalue weighted by atomic mass is 10.3. The van der Waals surface area contributed by atoms with E-state index in [0.717, 1.165) is 17.1 Å². The lowest BCUT2D eigenvalue weighted by Gasteiger charge is -1.94. The number of nitrogens with two attached hydrogens (primary N) is 1. The van der Waals surface area contributed by atoms with Gasteiger partial charge in [-0.2, -0.15) is 0 Å². The number of anilines is 1. The van der Waals surface area contributed by atoms with Crippen LogP contribution in [0, 0.1) is 0 Å². The third-order valence-electron chi connectivity index (χ3n) is 1.93. The third kappa shape index (κ3) is 2.64. The van der Waals surface area contributed by atoms with Gasteiger partial charge >= 0.3 is 0 Å². The van der Waals surface area contributed by atoms with Crippen LogP contribution in [0.3, 0.4) is 0 Å². The molecule has 0 aliphatic rings. The first-order chi connectivity index (χ1) is 7.34. The van der Waals surface area contributed by atoms with Gasteiger partial charge in [0.15, 0.2) is 0 Å². The Balaban J connectivity index is 2.15. The minimum absolute atomic E-state index is 0.742. The zero-order chi connectivity index (χ0) is 10.5. The summed E-state index contributed by atoms with van der Waals surface area (Å²) in [6.45, 7) is 0. The minimum Gasteiger partial charge on any atom is -0.399 e. The molecule has 2 rings (SSSR count). The molecule has 0 radical (unpaired) electrons. The Labute approximate surface area is 88.3 Å². The van der Waals surface area contributed by atoms with Crippen molar-refractivity contribution in [3.05, 3.63) is 54.4 Å². The molecule has 0 aliphatic carbocycles. The molecule has 1 heterocycles. The fourth-order valence-electron chi connectivity index (χ4n) is 1.15. The largest absolute Gasteiger partial charge is 0.399 e. The number of hydrogen-bond acceptors (Lipinski definition) is 3. The number of nitrogen functional groups attached to an aromatic ring is 1. The highest BCUT2D eigenvalue weighted by atomic mass is 14.8. The summed E-state index contributed by atoms with van der Waals surface area (Å²) in [4.78, 5) is 8.41. The molecule has 2 N–H and O–H groups in total. The highest BCUT2D eigenvalue weighted by Crippen LogP contribution is 2.13. The van der Waals surface area contributed by atoms with E-state index in [1.54, 1.807) is 12.4 Å². The molecule has 1 aromatic carbocycles. The number of benzene rings is 1. The van der Waals surface area contributed by atoms with Gasteiger partial charge in [0.1, 0.15) is 0 Å². The molecule has 0 fully saturated rings. The van der Waals surface area contributed by atoms with Gasteiger partial charge in [-0.05, 0) is 36.4 Å². The zero-order valence-corrected chi connectivity index (χ0v) is 8.17. The average Bonchev–Trinajstić information content (AvgIpc) is 2.30. The molecule has 0 amide bonds. The first kappa shape index (κ1) is 9.40. The Kier molecular flexibility index (Phi) is 2.74. The number of pyridine rings is 1. The van der Waals surface area contributed by atoms with Crippen molar-refractivity contribution in [1.29, 1.82) is 0 Å². The Hall–Kier alpha value is -2.16. The summed E-state index contributed by atoms with van der Waals surface area (Å²) < 4.78 is 0. The molecule has 3 heteroatoms. The Morgan fingerprint density at radius 3 is 2.53 bits per heavy atom. The standard InChI is InChI=1S/C12H11N3/c13-10-4-6-11(7-5-10)15-9-12-3-1-2-8-14-12/h1-9H,13H2. The maximum Gasteiger partial charge on any atom is 0.0812 e. The zero-order valence-electron chi connectivity index (χ0n) is 8.17. The van der Waals surface area contributed by atoms with Gasteiger partial charge in [0, 0.05) is 11.9 Å². The normalized spacial score (nSPS) is 10.7.